The number of pyridine rings is 1. The highest BCUT2D eigenvalue weighted by atomic mass is 35.5. The zero-order valence-electron chi connectivity index (χ0n) is 9.31. The summed E-state index contributed by atoms with van der Waals surface area (Å²) in [6.07, 6.45) is 3.02. The van der Waals surface area contributed by atoms with Gasteiger partial charge in [-0.15, -0.1) is 0 Å². The van der Waals surface area contributed by atoms with Gasteiger partial charge in [-0.05, 0) is 46.4 Å². The molecule has 0 saturated carbocycles. The molecule has 1 N–H and O–H groups in total. The first kappa shape index (κ1) is 12.9. The maximum atomic E-state index is 13.3. The van der Waals surface area contributed by atoms with Gasteiger partial charge in [0.1, 0.15) is 5.82 Å². The highest BCUT2D eigenvalue weighted by Gasteiger charge is 2.02. The third-order valence-corrected chi connectivity index (χ3v) is 3.90. The van der Waals surface area contributed by atoms with Crippen molar-refractivity contribution >= 4 is 28.4 Å². The maximum Gasteiger partial charge on any atom is 0.148 e. The Kier molecular flexibility index (Phi) is 4.23. The van der Waals surface area contributed by atoms with Gasteiger partial charge in [0.2, 0.25) is 0 Å². The van der Waals surface area contributed by atoms with E-state index in [1.807, 2.05) is 12.1 Å². The molecule has 0 aliphatic heterocycles. The summed E-state index contributed by atoms with van der Waals surface area (Å²) in [6.45, 7) is 0. The van der Waals surface area contributed by atoms with Gasteiger partial charge in [0.15, 0.2) is 0 Å². The fourth-order valence-corrected chi connectivity index (χ4v) is 2.65. The van der Waals surface area contributed by atoms with Crippen LogP contribution in [0.25, 0.3) is 6.08 Å². The first-order valence-electron chi connectivity index (χ1n) is 5.16. The molecule has 2 nitrogen and oxygen atoms in total. The summed E-state index contributed by atoms with van der Waals surface area (Å²) in [6, 6.07) is 10.0. The van der Waals surface area contributed by atoms with E-state index in [0.717, 1.165) is 0 Å². The third-order valence-electron chi connectivity index (χ3n) is 2.22. The Bertz CT molecular complexity index is 613. The van der Waals surface area contributed by atoms with Crippen molar-refractivity contribution in [2.24, 2.45) is 0 Å². The van der Waals surface area contributed by atoms with Crippen molar-refractivity contribution in [2.45, 2.75) is 4.90 Å². The fraction of sp³-hybridized carbons (Fsp3) is 0. The van der Waals surface area contributed by atoms with E-state index in [1.54, 1.807) is 17.5 Å². The third kappa shape index (κ3) is 3.03. The van der Waals surface area contributed by atoms with Crippen LogP contribution in [-0.2, 0) is 10.7 Å². The van der Waals surface area contributed by atoms with Gasteiger partial charge in [-0.2, -0.15) is 0 Å². The van der Waals surface area contributed by atoms with E-state index in [9.17, 15) is 4.39 Å². The number of benzene rings is 1. The number of nitrogens with zero attached hydrogens (tertiary/aromatic N) is 1. The maximum absolute atomic E-state index is 13.3. The minimum absolute atomic E-state index is 0.231. The Morgan fingerprint density at radius 3 is 2.72 bits per heavy atom. The lowest BCUT2D eigenvalue weighted by Gasteiger charge is -2.02. The van der Waals surface area contributed by atoms with Gasteiger partial charge >= 0.3 is 0 Å². The largest absolute Gasteiger partial charge is 0.271 e. The van der Waals surface area contributed by atoms with Gasteiger partial charge in [0.05, 0.1) is 10.7 Å². The molecule has 1 atom stereocenters. The average molecular weight is 281 g/mol. The lowest BCUT2D eigenvalue weighted by molar-refractivity contribution is 0.618. The molecule has 0 spiro atoms. The minimum Gasteiger partial charge on any atom is -0.271 e. The second kappa shape index (κ2) is 5.89. The Labute approximate surface area is 112 Å². The molecule has 5 heteroatoms. The van der Waals surface area contributed by atoms with Crippen LogP contribution in [0.4, 0.5) is 4.39 Å². The molecule has 2 aromatic rings. The molecular formula is C13H10ClFN2S. The molecule has 1 aromatic carbocycles. The van der Waals surface area contributed by atoms with Gasteiger partial charge < -0.3 is 0 Å². The average Bonchev–Trinajstić information content (AvgIpc) is 2.38. The van der Waals surface area contributed by atoms with E-state index < -0.39 is 16.5 Å². The second-order valence-electron chi connectivity index (χ2n) is 3.44. The van der Waals surface area contributed by atoms with E-state index in [2.05, 4.69) is 4.98 Å². The summed E-state index contributed by atoms with van der Waals surface area (Å²) >= 11 is 6.00. The van der Waals surface area contributed by atoms with Crippen molar-refractivity contribution in [3.05, 3.63) is 64.5 Å². The zero-order chi connectivity index (χ0) is 13.0. The predicted octanol–water partition coefficient (Wildman–Crippen LogP) is 4.28. The van der Waals surface area contributed by atoms with Gasteiger partial charge in [-0.25, -0.2) is 4.39 Å². The van der Waals surface area contributed by atoms with E-state index >= 15 is 0 Å². The smallest absolute Gasteiger partial charge is 0.148 e. The van der Waals surface area contributed by atoms with E-state index in [0.29, 0.717) is 9.92 Å². The monoisotopic (exact) mass is 280 g/mol. The molecule has 0 fully saturated rings. The van der Waals surface area contributed by atoms with E-state index in [4.69, 9.17) is 16.4 Å². The van der Waals surface area contributed by atoms with Gasteiger partial charge in [0.25, 0.3) is 0 Å². The van der Waals surface area contributed by atoms with Crippen molar-refractivity contribution in [1.29, 1.82) is 4.78 Å². The summed E-state index contributed by atoms with van der Waals surface area (Å²) in [4.78, 5) is 4.61. The number of aromatic nitrogens is 1. The predicted molar refractivity (Wildman–Crippen MR) is 73.0 cm³/mol. The minimum atomic E-state index is -0.923. The summed E-state index contributed by atoms with van der Waals surface area (Å²) in [7, 11) is -0.923. The van der Waals surface area contributed by atoms with Crippen molar-refractivity contribution < 1.29 is 4.39 Å². The Morgan fingerprint density at radius 1 is 1.22 bits per heavy atom. The molecule has 1 aromatic heterocycles. The second-order valence-corrected chi connectivity index (χ2v) is 5.24. The fourth-order valence-electron chi connectivity index (χ4n) is 1.35. The zero-order valence-corrected chi connectivity index (χ0v) is 10.9. The van der Waals surface area contributed by atoms with Gasteiger partial charge in [-0.1, -0.05) is 23.7 Å². The van der Waals surface area contributed by atoms with Crippen LogP contribution in [0.1, 0.15) is 5.69 Å². The van der Waals surface area contributed by atoms with Crippen molar-refractivity contribution in [2.75, 3.05) is 0 Å². The number of hydrogen-bond donors (Lipinski definition) is 1. The molecule has 0 radical (unpaired) electrons. The van der Waals surface area contributed by atoms with E-state index in [-0.39, 0.29) is 5.69 Å². The van der Waals surface area contributed by atoms with Crippen LogP contribution in [0.2, 0.25) is 5.02 Å². The Hall–Kier alpha value is -1.52. The summed E-state index contributed by atoms with van der Waals surface area (Å²) in [5, 5.41) is 2.13. The van der Waals surface area contributed by atoms with Crippen molar-refractivity contribution in [3.8, 4) is 0 Å². The normalized spacial score (nSPS) is 12.8. The summed E-state index contributed by atoms with van der Waals surface area (Å²) in [5.74, 6) is -0.398. The van der Waals surface area contributed by atoms with Crippen LogP contribution in [-0.4, -0.2) is 4.98 Å². The molecule has 0 amide bonds. The SMILES string of the molecule is N=S(/C=C/c1ncccc1F)c1ccccc1Cl. The highest BCUT2D eigenvalue weighted by Crippen LogP contribution is 2.20. The molecule has 18 heavy (non-hydrogen) atoms. The molecule has 0 saturated heterocycles. The van der Waals surface area contributed by atoms with Crippen LogP contribution < -0.4 is 0 Å². The van der Waals surface area contributed by atoms with Crippen molar-refractivity contribution in [3.63, 3.8) is 0 Å². The molecule has 1 unspecified atom stereocenters. The molecule has 0 aliphatic rings. The molecule has 1 heterocycles. The molecule has 2 rings (SSSR count). The number of halogens is 2. The lowest BCUT2D eigenvalue weighted by Crippen LogP contribution is -1.88. The number of nitrogens with one attached hydrogen (secondary N) is 1. The topological polar surface area (TPSA) is 36.7 Å². The highest BCUT2D eigenvalue weighted by molar-refractivity contribution is 7.89. The van der Waals surface area contributed by atoms with Crippen LogP contribution >= 0.6 is 11.6 Å². The van der Waals surface area contributed by atoms with Gasteiger partial charge in [-0.3, -0.25) is 9.76 Å². The standard InChI is InChI=1S/C13H10ClFN2S/c14-10-4-1-2-6-13(10)18(16)9-7-12-11(15)5-3-8-17-12/h1-9,16H/b9-7+. The molecule has 92 valence electrons. The lowest BCUT2D eigenvalue weighted by atomic mass is 10.3. The number of rotatable bonds is 3. The van der Waals surface area contributed by atoms with E-state index in [1.165, 1.54) is 24.4 Å². The van der Waals surface area contributed by atoms with Crippen LogP contribution in [0.15, 0.2) is 52.9 Å². The Balaban J connectivity index is 2.23. The van der Waals surface area contributed by atoms with Crippen molar-refractivity contribution in [1.82, 2.24) is 4.98 Å². The molecular weight excluding hydrogens is 271 g/mol. The van der Waals surface area contributed by atoms with Crippen LogP contribution in [0.3, 0.4) is 0 Å². The first-order chi connectivity index (χ1) is 8.68. The quantitative estimate of drug-likeness (QED) is 0.895. The first-order valence-corrected chi connectivity index (χ1v) is 6.82. The molecule has 0 aliphatic carbocycles. The number of hydrogen-bond acceptors (Lipinski definition) is 2. The summed E-state index contributed by atoms with van der Waals surface area (Å²) < 4.78 is 21.3. The van der Waals surface area contributed by atoms with Crippen LogP contribution in [0, 0.1) is 10.6 Å². The van der Waals surface area contributed by atoms with Gasteiger partial charge in [0, 0.05) is 11.1 Å². The summed E-state index contributed by atoms with van der Waals surface area (Å²) in [5.41, 5.74) is 0.231. The van der Waals surface area contributed by atoms with Crippen LogP contribution in [0.5, 0.6) is 0 Å². The molecule has 0 bridgehead atoms. The Morgan fingerprint density at radius 2 is 2.00 bits per heavy atom.